The molecule has 0 amide bonds. The van der Waals surface area contributed by atoms with Crippen molar-refractivity contribution < 1.29 is 9.31 Å². The molecule has 20 heavy (non-hydrogen) atoms. The fourth-order valence-electron chi connectivity index (χ4n) is 2.10. The third-order valence-electron chi connectivity index (χ3n) is 3.22. The summed E-state index contributed by atoms with van der Waals surface area (Å²) in [5.74, 6) is -0.187. The number of nitro benzene ring substituents is 1. The fraction of sp³-hybridized carbons (Fsp3) is 0.308. The number of aromatic nitrogens is 2. The summed E-state index contributed by atoms with van der Waals surface area (Å²) < 4.78 is 14.9. The number of halogens is 2. The van der Waals surface area contributed by atoms with Crippen LogP contribution in [-0.2, 0) is 12.4 Å². The van der Waals surface area contributed by atoms with Gasteiger partial charge in [-0.15, -0.1) is 11.6 Å². The Morgan fingerprint density at radius 1 is 1.45 bits per heavy atom. The molecule has 0 atom stereocenters. The highest BCUT2D eigenvalue weighted by atomic mass is 35.5. The zero-order valence-electron chi connectivity index (χ0n) is 11.1. The van der Waals surface area contributed by atoms with Crippen LogP contribution in [0.5, 0.6) is 0 Å². The number of rotatable bonds is 4. The Hall–Kier alpha value is -1.95. The molecule has 0 aliphatic rings. The van der Waals surface area contributed by atoms with Crippen LogP contribution in [0.15, 0.2) is 18.2 Å². The topological polar surface area (TPSA) is 61.0 Å². The molecule has 0 radical (unpaired) electrons. The van der Waals surface area contributed by atoms with E-state index in [4.69, 9.17) is 11.6 Å². The van der Waals surface area contributed by atoms with Crippen LogP contribution in [0.1, 0.15) is 22.5 Å². The summed E-state index contributed by atoms with van der Waals surface area (Å²) in [6.07, 6.45) is 0. The molecule has 0 N–H and O–H groups in total. The van der Waals surface area contributed by atoms with Gasteiger partial charge in [0, 0.05) is 17.3 Å². The molecule has 0 aliphatic carbocycles. The molecule has 0 aliphatic heterocycles. The van der Waals surface area contributed by atoms with Gasteiger partial charge in [0.2, 0.25) is 0 Å². The van der Waals surface area contributed by atoms with Gasteiger partial charge in [-0.3, -0.25) is 14.8 Å². The van der Waals surface area contributed by atoms with Crippen molar-refractivity contribution in [2.45, 2.75) is 26.3 Å². The van der Waals surface area contributed by atoms with E-state index < -0.39 is 10.7 Å². The SMILES string of the molecule is Cc1nn(Cc2cc(F)ccc2[N+](=O)[O-])c(C)c1CCl. The maximum atomic E-state index is 13.3. The monoisotopic (exact) mass is 297 g/mol. The van der Waals surface area contributed by atoms with Crippen LogP contribution in [0.4, 0.5) is 10.1 Å². The van der Waals surface area contributed by atoms with Crippen LogP contribution in [0.2, 0.25) is 0 Å². The molecule has 0 bridgehead atoms. The summed E-state index contributed by atoms with van der Waals surface area (Å²) in [6.45, 7) is 3.79. The van der Waals surface area contributed by atoms with E-state index in [0.717, 1.165) is 29.1 Å². The molecule has 1 aromatic carbocycles. The minimum absolute atomic E-state index is 0.119. The Kier molecular flexibility index (Phi) is 4.04. The summed E-state index contributed by atoms with van der Waals surface area (Å²) in [6, 6.07) is 3.40. The predicted molar refractivity (Wildman–Crippen MR) is 73.4 cm³/mol. The van der Waals surface area contributed by atoms with Crippen LogP contribution in [0, 0.1) is 29.8 Å². The quantitative estimate of drug-likeness (QED) is 0.494. The summed E-state index contributed by atoms with van der Waals surface area (Å²) in [5.41, 5.74) is 2.66. The average Bonchev–Trinajstić information content (AvgIpc) is 2.63. The molecule has 0 fully saturated rings. The highest BCUT2D eigenvalue weighted by Crippen LogP contribution is 2.23. The Balaban J connectivity index is 2.44. The van der Waals surface area contributed by atoms with Gasteiger partial charge < -0.3 is 0 Å². The highest BCUT2D eigenvalue weighted by Gasteiger charge is 2.17. The first-order valence-electron chi connectivity index (χ1n) is 5.95. The lowest BCUT2D eigenvalue weighted by molar-refractivity contribution is -0.385. The maximum Gasteiger partial charge on any atom is 0.274 e. The van der Waals surface area contributed by atoms with Gasteiger partial charge >= 0.3 is 0 Å². The zero-order chi connectivity index (χ0) is 14.9. The molecule has 0 saturated carbocycles. The van der Waals surface area contributed by atoms with Crippen molar-refractivity contribution in [1.29, 1.82) is 0 Å². The smallest absolute Gasteiger partial charge is 0.265 e. The van der Waals surface area contributed by atoms with Crippen LogP contribution >= 0.6 is 11.6 Å². The summed E-state index contributed by atoms with van der Waals surface area (Å²) in [7, 11) is 0. The van der Waals surface area contributed by atoms with Gasteiger partial charge in [0.15, 0.2) is 0 Å². The normalized spacial score (nSPS) is 10.8. The number of alkyl halides is 1. The van der Waals surface area contributed by atoms with Crippen molar-refractivity contribution in [3.8, 4) is 0 Å². The molecule has 2 aromatic rings. The number of hydrogen-bond acceptors (Lipinski definition) is 3. The lowest BCUT2D eigenvalue weighted by Gasteiger charge is -2.06. The minimum Gasteiger partial charge on any atom is -0.265 e. The van der Waals surface area contributed by atoms with Gasteiger partial charge in [-0.25, -0.2) is 4.39 Å². The molecule has 1 heterocycles. The summed E-state index contributed by atoms with van der Waals surface area (Å²) in [4.78, 5) is 10.4. The van der Waals surface area contributed by atoms with Crippen molar-refractivity contribution in [3.63, 3.8) is 0 Å². The number of nitrogens with zero attached hydrogens (tertiary/aromatic N) is 3. The first-order chi connectivity index (χ1) is 9.43. The molecular weight excluding hydrogens is 285 g/mol. The predicted octanol–water partition coefficient (Wildman–Crippen LogP) is 3.33. The van der Waals surface area contributed by atoms with Gasteiger partial charge in [0.1, 0.15) is 5.82 Å². The van der Waals surface area contributed by atoms with Gasteiger partial charge in [0.25, 0.3) is 5.69 Å². The Morgan fingerprint density at radius 2 is 2.15 bits per heavy atom. The summed E-state index contributed by atoms with van der Waals surface area (Å²) in [5, 5.41) is 15.3. The first kappa shape index (κ1) is 14.5. The zero-order valence-corrected chi connectivity index (χ0v) is 11.8. The highest BCUT2D eigenvalue weighted by molar-refractivity contribution is 6.17. The van der Waals surface area contributed by atoms with Crippen molar-refractivity contribution in [2.24, 2.45) is 0 Å². The molecule has 1 aromatic heterocycles. The molecule has 2 rings (SSSR count). The average molecular weight is 298 g/mol. The second kappa shape index (κ2) is 5.58. The van der Waals surface area contributed by atoms with E-state index in [0.29, 0.717) is 5.88 Å². The lowest BCUT2D eigenvalue weighted by atomic mass is 10.1. The maximum absolute atomic E-state index is 13.3. The molecule has 5 nitrogen and oxygen atoms in total. The Bertz CT molecular complexity index is 670. The third-order valence-corrected chi connectivity index (χ3v) is 3.49. The second-order valence-corrected chi connectivity index (χ2v) is 4.74. The van der Waals surface area contributed by atoms with Crippen molar-refractivity contribution >= 4 is 17.3 Å². The number of hydrogen-bond donors (Lipinski definition) is 0. The Morgan fingerprint density at radius 3 is 2.70 bits per heavy atom. The molecule has 0 saturated heterocycles. The summed E-state index contributed by atoms with van der Waals surface area (Å²) >= 11 is 5.84. The van der Waals surface area contributed by atoms with Gasteiger partial charge in [-0.05, 0) is 26.0 Å². The Labute approximate surface area is 120 Å². The van der Waals surface area contributed by atoms with Crippen LogP contribution in [-0.4, -0.2) is 14.7 Å². The van der Waals surface area contributed by atoms with Crippen molar-refractivity contribution in [2.75, 3.05) is 0 Å². The van der Waals surface area contributed by atoms with E-state index in [-0.39, 0.29) is 17.8 Å². The van der Waals surface area contributed by atoms with E-state index in [1.807, 2.05) is 13.8 Å². The second-order valence-electron chi connectivity index (χ2n) is 4.47. The van der Waals surface area contributed by atoms with Crippen LogP contribution in [0.25, 0.3) is 0 Å². The van der Waals surface area contributed by atoms with E-state index in [2.05, 4.69) is 5.10 Å². The van der Waals surface area contributed by atoms with E-state index in [1.54, 1.807) is 4.68 Å². The standard InChI is InChI=1S/C13H13ClFN3O2/c1-8-12(6-14)9(2)17(16-8)7-10-5-11(15)3-4-13(10)18(19)20/h3-5H,6-7H2,1-2H3. The number of benzene rings is 1. The van der Waals surface area contributed by atoms with Gasteiger partial charge in [0.05, 0.1) is 28.6 Å². The van der Waals surface area contributed by atoms with Gasteiger partial charge in [-0.1, -0.05) is 0 Å². The van der Waals surface area contributed by atoms with Crippen LogP contribution < -0.4 is 0 Å². The number of nitro groups is 1. The van der Waals surface area contributed by atoms with Crippen molar-refractivity contribution in [1.82, 2.24) is 9.78 Å². The van der Waals surface area contributed by atoms with Crippen molar-refractivity contribution in [3.05, 3.63) is 56.6 Å². The molecule has 0 unspecified atom stereocenters. The largest absolute Gasteiger partial charge is 0.274 e. The van der Waals surface area contributed by atoms with Gasteiger partial charge in [-0.2, -0.15) is 5.10 Å². The third kappa shape index (κ3) is 2.65. The van der Waals surface area contributed by atoms with E-state index in [9.17, 15) is 14.5 Å². The van der Waals surface area contributed by atoms with Crippen LogP contribution in [0.3, 0.4) is 0 Å². The lowest BCUT2D eigenvalue weighted by Crippen LogP contribution is -2.07. The first-order valence-corrected chi connectivity index (χ1v) is 6.49. The molecular formula is C13H13ClFN3O2. The van der Waals surface area contributed by atoms with E-state index >= 15 is 0 Å². The fourth-order valence-corrected chi connectivity index (χ4v) is 2.49. The minimum atomic E-state index is -0.525. The molecule has 106 valence electrons. The van der Waals surface area contributed by atoms with E-state index in [1.165, 1.54) is 6.07 Å². The molecule has 7 heteroatoms. The molecule has 0 spiro atoms. The number of aryl methyl sites for hydroxylation is 1.